The minimum absolute atomic E-state index is 0.171. The maximum Gasteiger partial charge on any atom is 0.137 e. The predicted octanol–water partition coefficient (Wildman–Crippen LogP) is 1.29. The van der Waals surface area contributed by atoms with Crippen molar-refractivity contribution in [2.45, 2.75) is 19.9 Å². The summed E-state index contributed by atoms with van der Waals surface area (Å²) in [7, 11) is 3.63. The summed E-state index contributed by atoms with van der Waals surface area (Å²) in [6.45, 7) is 7.78. The highest BCUT2D eigenvalue weighted by Crippen LogP contribution is 2.14. The van der Waals surface area contributed by atoms with Gasteiger partial charge < -0.3 is 15.0 Å². The van der Waals surface area contributed by atoms with Crippen molar-refractivity contribution in [3.8, 4) is 0 Å². The van der Waals surface area contributed by atoms with E-state index in [1.54, 1.807) is 13.4 Å². The highest BCUT2D eigenvalue weighted by atomic mass is 16.5. The Bertz CT molecular complexity index is 294. The fourth-order valence-corrected chi connectivity index (χ4v) is 1.39. The summed E-state index contributed by atoms with van der Waals surface area (Å²) in [5, 5.41) is 3.07. The van der Waals surface area contributed by atoms with Gasteiger partial charge in [0.1, 0.15) is 11.6 Å². The lowest BCUT2D eigenvalue weighted by atomic mass is 10.2. The fourth-order valence-electron chi connectivity index (χ4n) is 1.39. The number of nitrogens with zero attached hydrogens (tertiary/aromatic N) is 2. The maximum absolute atomic E-state index is 5.34. The second kappa shape index (κ2) is 4.17. The van der Waals surface area contributed by atoms with Crippen molar-refractivity contribution in [1.82, 2.24) is 10.2 Å². The van der Waals surface area contributed by atoms with Gasteiger partial charge in [-0.15, -0.1) is 0 Å². The molecule has 1 atom stereocenters. The predicted molar refractivity (Wildman–Crippen MR) is 57.7 cm³/mol. The van der Waals surface area contributed by atoms with Gasteiger partial charge >= 0.3 is 0 Å². The smallest absolute Gasteiger partial charge is 0.137 e. The van der Waals surface area contributed by atoms with Crippen molar-refractivity contribution >= 4 is 6.34 Å². The van der Waals surface area contributed by atoms with E-state index in [0.717, 1.165) is 11.5 Å². The molecule has 0 amide bonds. The zero-order chi connectivity index (χ0) is 10.7. The number of hydrogen-bond donors (Lipinski definition) is 1. The molecule has 4 nitrogen and oxygen atoms in total. The number of ether oxygens (including phenoxy) is 1. The summed E-state index contributed by atoms with van der Waals surface area (Å²) >= 11 is 0. The van der Waals surface area contributed by atoms with Gasteiger partial charge in [-0.1, -0.05) is 6.58 Å². The number of aliphatic imine (C=N–C) groups is 1. The molecule has 1 aliphatic heterocycles. The number of allylic oxidation sites excluding steroid dienone is 1. The van der Waals surface area contributed by atoms with E-state index in [1.807, 2.05) is 18.9 Å². The highest BCUT2D eigenvalue weighted by Gasteiger charge is 2.17. The van der Waals surface area contributed by atoms with E-state index in [9.17, 15) is 0 Å². The molecule has 0 bridgehead atoms. The van der Waals surface area contributed by atoms with E-state index in [4.69, 9.17) is 4.74 Å². The van der Waals surface area contributed by atoms with Crippen molar-refractivity contribution in [3.05, 3.63) is 23.9 Å². The van der Waals surface area contributed by atoms with E-state index in [-0.39, 0.29) is 6.04 Å². The molecule has 4 heteroatoms. The molecule has 0 aromatic rings. The number of nitrogens with one attached hydrogen (secondary N) is 1. The summed E-state index contributed by atoms with van der Waals surface area (Å²) < 4.78 is 5.34. The van der Waals surface area contributed by atoms with Gasteiger partial charge in [-0.25, -0.2) is 4.99 Å². The Hall–Kier alpha value is -1.45. The third-order valence-electron chi connectivity index (χ3n) is 2.31. The van der Waals surface area contributed by atoms with Gasteiger partial charge in [0.15, 0.2) is 0 Å². The molecular weight excluding hydrogens is 178 g/mol. The van der Waals surface area contributed by atoms with Crippen LogP contribution in [-0.2, 0) is 4.74 Å². The molecule has 0 radical (unpaired) electrons. The molecule has 0 fully saturated rings. The van der Waals surface area contributed by atoms with Gasteiger partial charge in [-0.2, -0.15) is 0 Å². The second-order valence-electron chi connectivity index (χ2n) is 3.35. The first-order chi connectivity index (χ1) is 6.56. The Labute approximate surface area is 85.0 Å². The normalized spacial score (nSPS) is 25.3. The first-order valence-electron chi connectivity index (χ1n) is 4.53. The molecule has 1 N–H and O–H groups in total. The van der Waals surface area contributed by atoms with Gasteiger partial charge in [0.05, 0.1) is 25.2 Å². The third kappa shape index (κ3) is 2.07. The van der Waals surface area contributed by atoms with E-state index < -0.39 is 0 Å². The summed E-state index contributed by atoms with van der Waals surface area (Å²) in [6, 6.07) is 0.171. The van der Waals surface area contributed by atoms with Gasteiger partial charge in [0, 0.05) is 7.05 Å². The van der Waals surface area contributed by atoms with Crippen LogP contribution < -0.4 is 5.32 Å². The summed E-state index contributed by atoms with van der Waals surface area (Å²) in [6.07, 6.45) is 1.74. The number of hydrogen-bond acceptors (Lipinski definition) is 4. The second-order valence-corrected chi connectivity index (χ2v) is 3.35. The van der Waals surface area contributed by atoms with Crippen LogP contribution in [0.3, 0.4) is 0 Å². The SMILES string of the molecule is C=C1/N=C\N(C)[C@H](C)C(OC)=C(C)N1. The molecule has 0 saturated heterocycles. The van der Waals surface area contributed by atoms with Crippen LogP contribution in [0, 0.1) is 0 Å². The van der Waals surface area contributed by atoms with E-state index in [2.05, 4.69) is 23.8 Å². The van der Waals surface area contributed by atoms with Gasteiger partial charge in [0.2, 0.25) is 0 Å². The van der Waals surface area contributed by atoms with Crippen LogP contribution >= 0.6 is 0 Å². The lowest BCUT2D eigenvalue weighted by Gasteiger charge is -2.27. The van der Waals surface area contributed by atoms with Gasteiger partial charge in [0.25, 0.3) is 0 Å². The molecule has 1 aliphatic rings. The molecular formula is C10H17N3O. The Kier molecular flexibility index (Phi) is 3.17. The van der Waals surface area contributed by atoms with Crippen molar-refractivity contribution in [2.75, 3.05) is 14.2 Å². The fraction of sp³-hybridized carbons (Fsp3) is 0.500. The van der Waals surface area contributed by atoms with Crippen LogP contribution in [0.4, 0.5) is 0 Å². The first-order valence-corrected chi connectivity index (χ1v) is 4.53. The maximum atomic E-state index is 5.34. The Morgan fingerprint density at radius 2 is 2.29 bits per heavy atom. The van der Waals surface area contributed by atoms with E-state index in [0.29, 0.717) is 5.82 Å². The van der Waals surface area contributed by atoms with Crippen LogP contribution in [0.15, 0.2) is 28.8 Å². The third-order valence-corrected chi connectivity index (χ3v) is 2.31. The topological polar surface area (TPSA) is 36.9 Å². The minimum atomic E-state index is 0.171. The van der Waals surface area contributed by atoms with Crippen molar-refractivity contribution < 1.29 is 4.74 Å². The van der Waals surface area contributed by atoms with Crippen molar-refractivity contribution in [2.24, 2.45) is 4.99 Å². The highest BCUT2D eigenvalue weighted by molar-refractivity contribution is 5.58. The minimum Gasteiger partial charge on any atom is -0.497 e. The van der Waals surface area contributed by atoms with Crippen LogP contribution in [0.1, 0.15) is 13.8 Å². The molecule has 14 heavy (non-hydrogen) atoms. The lowest BCUT2D eigenvalue weighted by molar-refractivity contribution is 0.221. The van der Waals surface area contributed by atoms with Crippen molar-refractivity contribution in [3.63, 3.8) is 0 Å². The Morgan fingerprint density at radius 3 is 2.86 bits per heavy atom. The molecule has 0 unspecified atom stereocenters. The zero-order valence-electron chi connectivity index (χ0n) is 9.16. The lowest BCUT2D eigenvalue weighted by Crippen LogP contribution is -2.34. The Morgan fingerprint density at radius 1 is 1.64 bits per heavy atom. The molecule has 0 saturated carbocycles. The Balaban J connectivity index is 3.02. The van der Waals surface area contributed by atoms with Gasteiger partial charge in [-0.3, -0.25) is 0 Å². The number of likely N-dealkylation sites (N-methyl/N-ethyl adjacent to an activating group) is 1. The van der Waals surface area contributed by atoms with Crippen molar-refractivity contribution in [1.29, 1.82) is 0 Å². The summed E-state index contributed by atoms with van der Waals surface area (Å²) in [5.41, 5.74) is 0.953. The average Bonchev–Trinajstić information content (AvgIpc) is 2.13. The molecule has 1 rings (SSSR count). The summed E-state index contributed by atoms with van der Waals surface area (Å²) in [4.78, 5) is 6.12. The molecule has 1 heterocycles. The van der Waals surface area contributed by atoms with Crippen LogP contribution in [0.5, 0.6) is 0 Å². The molecule has 0 aromatic heterocycles. The van der Waals surface area contributed by atoms with Crippen LogP contribution in [0.25, 0.3) is 0 Å². The first kappa shape index (κ1) is 10.6. The van der Waals surface area contributed by atoms with Crippen LogP contribution in [0.2, 0.25) is 0 Å². The standard InChI is InChI=1S/C10H17N3O/c1-7-10(14-5)8(2)13(4)6-11-9(3)12-7/h6,8,12H,3H2,1-2,4-5H3/b10-7?,11-6-/t8-/m1/s1. The monoisotopic (exact) mass is 195 g/mol. The number of rotatable bonds is 1. The van der Waals surface area contributed by atoms with E-state index >= 15 is 0 Å². The summed E-state index contributed by atoms with van der Waals surface area (Å²) in [5.74, 6) is 1.52. The average molecular weight is 195 g/mol. The molecule has 0 aliphatic carbocycles. The number of methoxy groups -OCH3 is 1. The molecule has 0 aromatic carbocycles. The van der Waals surface area contributed by atoms with Crippen LogP contribution in [-0.4, -0.2) is 31.4 Å². The zero-order valence-corrected chi connectivity index (χ0v) is 9.16. The molecule has 0 spiro atoms. The largest absolute Gasteiger partial charge is 0.497 e. The quantitative estimate of drug-likeness (QED) is 0.685. The van der Waals surface area contributed by atoms with Gasteiger partial charge in [-0.05, 0) is 13.8 Å². The molecule has 78 valence electrons. The van der Waals surface area contributed by atoms with E-state index in [1.165, 1.54) is 0 Å².